The Morgan fingerprint density at radius 2 is 1.06 bits per heavy atom. The van der Waals surface area contributed by atoms with Crippen molar-refractivity contribution in [3.63, 3.8) is 0 Å². The van der Waals surface area contributed by atoms with Crippen molar-refractivity contribution < 1.29 is 13.2 Å². The standard InChI is InChI=1S/C30H30N2O3S/c1-25-17-19-28(20-18-25)23-32(36(34,35)29-15-9-4-10-16-29)24-30(33)31(21-26-11-5-2-6-12-26)22-27-13-7-3-8-14-27/h2-20H,21-24H2,1H3. The van der Waals surface area contributed by atoms with E-state index in [0.29, 0.717) is 13.1 Å². The van der Waals surface area contributed by atoms with Crippen molar-refractivity contribution in [3.8, 4) is 0 Å². The van der Waals surface area contributed by atoms with Crippen LogP contribution in [0.3, 0.4) is 0 Å². The lowest BCUT2D eigenvalue weighted by Crippen LogP contribution is -2.42. The molecule has 0 saturated carbocycles. The van der Waals surface area contributed by atoms with Gasteiger partial charge in [0.15, 0.2) is 0 Å². The fourth-order valence-corrected chi connectivity index (χ4v) is 5.35. The summed E-state index contributed by atoms with van der Waals surface area (Å²) in [5.74, 6) is -0.255. The van der Waals surface area contributed by atoms with Crippen LogP contribution in [-0.2, 0) is 34.5 Å². The number of rotatable bonds is 10. The fourth-order valence-electron chi connectivity index (χ4n) is 3.96. The molecule has 4 aromatic rings. The highest BCUT2D eigenvalue weighted by atomic mass is 32.2. The lowest BCUT2D eigenvalue weighted by molar-refractivity contribution is -0.132. The van der Waals surface area contributed by atoms with Crippen LogP contribution < -0.4 is 0 Å². The van der Waals surface area contributed by atoms with Gasteiger partial charge in [0.05, 0.1) is 11.4 Å². The number of amides is 1. The van der Waals surface area contributed by atoms with Gasteiger partial charge in [0.25, 0.3) is 0 Å². The predicted molar refractivity (Wildman–Crippen MR) is 142 cm³/mol. The number of aryl methyl sites for hydroxylation is 1. The average molecular weight is 499 g/mol. The SMILES string of the molecule is Cc1ccc(CN(CC(=O)N(Cc2ccccc2)Cc2ccccc2)S(=O)(=O)c2ccccc2)cc1. The maximum Gasteiger partial charge on any atom is 0.243 e. The van der Waals surface area contributed by atoms with Gasteiger partial charge in [-0.15, -0.1) is 0 Å². The largest absolute Gasteiger partial charge is 0.333 e. The van der Waals surface area contributed by atoms with Gasteiger partial charge in [-0.25, -0.2) is 8.42 Å². The van der Waals surface area contributed by atoms with Gasteiger partial charge in [-0.05, 0) is 35.7 Å². The summed E-state index contributed by atoms with van der Waals surface area (Å²) in [5, 5.41) is 0. The normalized spacial score (nSPS) is 11.4. The molecule has 0 fully saturated rings. The summed E-state index contributed by atoms with van der Waals surface area (Å²) < 4.78 is 28.5. The van der Waals surface area contributed by atoms with Gasteiger partial charge in [0.2, 0.25) is 15.9 Å². The third-order valence-electron chi connectivity index (χ3n) is 5.96. The monoisotopic (exact) mass is 498 g/mol. The molecule has 0 atom stereocenters. The first-order valence-corrected chi connectivity index (χ1v) is 13.3. The number of benzene rings is 4. The number of hydrogen-bond acceptors (Lipinski definition) is 3. The van der Waals surface area contributed by atoms with Crippen molar-refractivity contribution in [2.24, 2.45) is 0 Å². The van der Waals surface area contributed by atoms with Crippen LogP contribution in [0, 0.1) is 6.92 Å². The zero-order chi connectivity index (χ0) is 25.4. The van der Waals surface area contributed by atoms with Crippen LogP contribution in [0.15, 0.2) is 120 Å². The molecule has 0 aliphatic rings. The van der Waals surface area contributed by atoms with E-state index in [9.17, 15) is 13.2 Å². The summed E-state index contributed by atoms with van der Waals surface area (Å²) in [7, 11) is -3.90. The number of carbonyl (C=O) groups is 1. The third-order valence-corrected chi connectivity index (χ3v) is 7.76. The van der Waals surface area contributed by atoms with Crippen molar-refractivity contribution >= 4 is 15.9 Å². The third kappa shape index (κ3) is 6.68. The first-order valence-electron chi connectivity index (χ1n) is 11.9. The minimum atomic E-state index is -3.90. The maximum atomic E-state index is 13.7. The van der Waals surface area contributed by atoms with Gasteiger partial charge >= 0.3 is 0 Å². The predicted octanol–water partition coefficient (Wildman–Crippen LogP) is 5.41. The van der Waals surface area contributed by atoms with Crippen LogP contribution in [0.4, 0.5) is 0 Å². The molecule has 0 aromatic heterocycles. The van der Waals surface area contributed by atoms with E-state index in [4.69, 9.17) is 0 Å². The number of nitrogens with zero attached hydrogens (tertiary/aromatic N) is 2. The Bertz CT molecular complexity index is 1320. The van der Waals surface area contributed by atoms with Crippen LogP contribution in [0.2, 0.25) is 0 Å². The van der Waals surface area contributed by atoms with Gasteiger partial charge in [-0.2, -0.15) is 4.31 Å². The average Bonchev–Trinajstić information content (AvgIpc) is 2.91. The molecule has 0 heterocycles. The van der Waals surface area contributed by atoms with E-state index >= 15 is 0 Å². The molecule has 4 aromatic carbocycles. The second kappa shape index (κ2) is 11.8. The molecule has 0 bridgehead atoms. The molecular formula is C30H30N2O3S. The molecule has 0 saturated heterocycles. The summed E-state index contributed by atoms with van der Waals surface area (Å²) in [5.41, 5.74) is 3.88. The molecule has 4 rings (SSSR count). The van der Waals surface area contributed by atoms with Crippen LogP contribution in [0.25, 0.3) is 0 Å². The van der Waals surface area contributed by atoms with Crippen molar-refractivity contribution in [3.05, 3.63) is 138 Å². The Kier molecular flexibility index (Phi) is 8.31. The molecule has 0 aliphatic heterocycles. The highest BCUT2D eigenvalue weighted by molar-refractivity contribution is 7.89. The van der Waals surface area contributed by atoms with Gasteiger partial charge in [-0.1, -0.05) is 109 Å². The van der Waals surface area contributed by atoms with Crippen molar-refractivity contribution in [1.29, 1.82) is 0 Å². The first-order chi connectivity index (χ1) is 17.4. The molecule has 184 valence electrons. The molecule has 0 aliphatic carbocycles. The van der Waals surface area contributed by atoms with E-state index in [1.165, 1.54) is 4.31 Å². The van der Waals surface area contributed by atoms with E-state index in [2.05, 4.69) is 0 Å². The summed E-state index contributed by atoms with van der Waals surface area (Å²) in [6, 6.07) is 35.5. The van der Waals surface area contributed by atoms with Gasteiger partial charge in [0, 0.05) is 19.6 Å². The second-order valence-corrected chi connectivity index (χ2v) is 10.7. The Balaban J connectivity index is 1.64. The molecule has 0 spiro atoms. The number of hydrogen-bond donors (Lipinski definition) is 0. The minimum absolute atomic E-state index is 0.105. The van der Waals surface area contributed by atoms with E-state index in [1.54, 1.807) is 35.2 Å². The lowest BCUT2D eigenvalue weighted by atomic mass is 10.1. The summed E-state index contributed by atoms with van der Waals surface area (Å²) in [4.78, 5) is 15.6. The Hall–Kier alpha value is -3.74. The van der Waals surface area contributed by atoms with Crippen molar-refractivity contribution in [2.45, 2.75) is 31.5 Å². The molecule has 5 nitrogen and oxygen atoms in total. The Morgan fingerprint density at radius 3 is 1.56 bits per heavy atom. The fraction of sp³-hybridized carbons (Fsp3) is 0.167. The maximum absolute atomic E-state index is 13.7. The van der Waals surface area contributed by atoms with Crippen LogP contribution in [0.5, 0.6) is 0 Å². The van der Waals surface area contributed by atoms with Gasteiger partial charge in [-0.3, -0.25) is 4.79 Å². The minimum Gasteiger partial charge on any atom is -0.333 e. The zero-order valence-electron chi connectivity index (χ0n) is 20.3. The summed E-state index contributed by atoms with van der Waals surface area (Å²) in [6.45, 7) is 2.60. The lowest BCUT2D eigenvalue weighted by Gasteiger charge is -2.28. The molecule has 0 radical (unpaired) electrons. The topological polar surface area (TPSA) is 57.7 Å². The quantitative estimate of drug-likeness (QED) is 0.294. The Labute approximate surface area is 213 Å². The molecule has 1 amide bonds. The van der Waals surface area contributed by atoms with Crippen LogP contribution >= 0.6 is 0 Å². The highest BCUT2D eigenvalue weighted by Crippen LogP contribution is 2.20. The number of carbonyl (C=O) groups excluding carboxylic acids is 1. The van der Waals surface area contributed by atoms with Gasteiger partial charge < -0.3 is 4.90 Å². The molecule has 6 heteroatoms. The van der Waals surface area contributed by atoms with E-state index in [-0.39, 0.29) is 23.9 Å². The molecule has 0 N–H and O–H groups in total. The van der Waals surface area contributed by atoms with Gasteiger partial charge in [0.1, 0.15) is 0 Å². The first kappa shape index (κ1) is 25.4. The van der Waals surface area contributed by atoms with E-state index in [0.717, 1.165) is 22.3 Å². The second-order valence-electron chi connectivity index (χ2n) is 8.79. The summed E-state index contributed by atoms with van der Waals surface area (Å²) in [6.07, 6.45) is 0. The molecule has 36 heavy (non-hydrogen) atoms. The van der Waals surface area contributed by atoms with Crippen molar-refractivity contribution in [1.82, 2.24) is 9.21 Å². The smallest absolute Gasteiger partial charge is 0.243 e. The van der Waals surface area contributed by atoms with E-state index in [1.807, 2.05) is 91.9 Å². The van der Waals surface area contributed by atoms with Crippen LogP contribution in [-0.4, -0.2) is 30.1 Å². The Morgan fingerprint density at radius 1 is 0.611 bits per heavy atom. The summed E-state index contributed by atoms with van der Waals surface area (Å²) >= 11 is 0. The van der Waals surface area contributed by atoms with Crippen molar-refractivity contribution in [2.75, 3.05) is 6.54 Å². The number of sulfonamides is 1. The zero-order valence-corrected chi connectivity index (χ0v) is 21.1. The van der Waals surface area contributed by atoms with Crippen LogP contribution in [0.1, 0.15) is 22.3 Å². The van der Waals surface area contributed by atoms with E-state index < -0.39 is 10.0 Å². The molecule has 0 unspecified atom stereocenters. The highest BCUT2D eigenvalue weighted by Gasteiger charge is 2.29. The molecular weight excluding hydrogens is 468 g/mol.